The lowest BCUT2D eigenvalue weighted by Gasteiger charge is -2.06. The van der Waals surface area contributed by atoms with Gasteiger partial charge in [-0.15, -0.1) is 11.3 Å². The molecular weight excluding hydrogens is 294 g/mol. The van der Waals surface area contributed by atoms with Crippen molar-refractivity contribution in [2.45, 2.75) is 0 Å². The van der Waals surface area contributed by atoms with Gasteiger partial charge < -0.3 is 0 Å². The summed E-state index contributed by atoms with van der Waals surface area (Å²) in [5, 5.41) is 6.14. The Balaban J connectivity index is 1.92. The normalized spacial score (nSPS) is 11.2. The minimum absolute atomic E-state index is 0.223. The second-order valence-electron chi connectivity index (χ2n) is 4.46. The van der Waals surface area contributed by atoms with E-state index in [2.05, 4.69) is 15.5 Å². The van der Waals surface area contributed by atoms with Gasteiger partial charge in [0, 0.05) is 11.8 Å². The summed E-state index contributed by atoms with van der Waals surface area (Å²) in [5.41, 5.74) is 4.84. The minimum atomic E-state index is -0.223. The van der Waals surface area contributed by atoms with Crippen LogP contribution in [0.1, 0.15) is 20.9 Å². The molecule has 0 atom stereocenters. The lowest BCUT2D eigenvalue weighted by molar-refractivity contribution is 0.0959. The number of benzene rings is 1. The van der Waals surface area contributed by atoms with Gasteiger partial charge in [0.1, 0.15) is 5.71 Å². The summed E-state index contributed by atoms with van der Waals surface area (Å²) < 4.78 is 0. The molecule has 3 rings (SSSR count). The zero-order valence-electron chi connectivity index (χ0n) is 11.6. The molecular formula is C17H13N3OS. The largest absolute Gasteiger partial charge is 0.281 e. The van der Waals surface area contributed by atoms with Crippen molar-refractivity contribution in [2.24, 2.45) is 5.10 Å². The number of amides is 1. The molecule has 5 heteroatoms. The highest BCUT2D eigenvalue weighted by molar-refractivity contribution is 7.12. The minimum Gasteiger partial charge on any atom is -0.266 e. The molecule has 1 N–H and O–H groups in total. The molecule has 2 aromatic heterocycles. The molecule has 0 spiro atoms. The van der Waals surface area contributed by atoms with Crippen LogP contribution >= 0.6 is 11.3 Å². The summed E-state index contributed by atoms with van der Waals surface area (Å²) in [4.78, 5) is 17.0. The van der Waals surface area contributed by atoms with Crippen LogP contribution in [-0.2, 0) is 0 Å². The Kier molecular flexibility index (Phi) is 4.36. The quantitative estimate of drug-likeness (QED) is 0.594. The third-order valence-corrected chi connectivity index (χ3v) is 3.84. The van der Waals surface area contributed by atoms with E-state index in [0.29, 0.717) is 16.3 Å². The van der Waals surface area contributed by atoms with E-state index in [9.17, 15) is 4.79 Å². The second-order valence-corrected chi connectivity index (χ2v) is 5.41. The van der Waals surface area contributed by atoms with Gasteiger partial charge in [-0.1, -0.05) is 42.5 Å². The van der Waals surface area contributed by atoms with Crippen molar-refractivity contribution in [3.8, 4) is 0 Å². The van der Waals surface area contributed by atoms with Crippen LogP contribution in [-0.4, -0.2) is 16.6 Å². The van der Waals surface area contributed by atoms with Crippen LogP contribution in [0.5, 0.6) is 0 Å². The molecule has 108 valence electrons. The number of hydrogen-bond donors (Lipinski definition) is 1. The highest BCUT2D eigenvalue weighted by Crippen LogP contribution is 2.10. The third-order valence-electron chi connectivity index (χ3n) is 2.97. The Bertz CT molecular complexity index is 727. The third kappa shape index (κ3) is 3.27. The predicted molar refractivity (Wildman–Crippen MR) is 88.1 cm³/mol. The summed E-state index contributed by atoms with van der Waals surface area (Å²) in [7, 11) is 0. The lowest BCUT2D eigenvalue weighted by Crippen LogP contribution is -2.20. The van der Waals surface area contributed by atoms with E-state index in [-0.39, 0.29) is 5.91 Å². The van der Waals surface area contributed by atoms with Crippen LogP contribution < -0.4 is 5.43 Å². The van der Waals surface area contributed by atoms with E-state index >= 15 is 0 Å². The standard InChI is InChI=1S/C17H13N3OS/c21-17(15-10-6-12-22-15)20-19-16(13-7-2-1-3-8-13)14-9-4-5-11-18-14/h1-12H,(H,20,21). The highest BCUT2D eigenvalue weighted by atomic mass is 32.1. The Morgan fingerprint density at radius 3 is 2.50 bits per heavy atom. The van der Waals surface area contributed by atoms with Crippen molar-refractivity contribution in [3.05, 3.63) is 88.4 Å². The zero-order valence-corrected chi connectivity index (χ0v) is 12.5. The van der Waals surface area contributed by atoms with E-state index in [0.717, 1.165) is 5.56 Å². The van der Waals surface area contributed by atoms with Crippen LogP contribution in [0.15, 0.2) is 77.3 Å². The van der Waals surface area contributed by atoms with Gasteiger partial charge in [-0.25, -0.2) is 5.43 Å². The second kappa shape index (κ2) is 6.78. The maximum absolute atomic E-state index is 12.0. The molecule has 0 aliphatic heterocycles. The molecule has 0 bridgehead atoms. The molecule has 0 aliphatic rings. The van der Waals surface area contributed by atoms with Crippen molar-refractivity contribution >= 4 is 23.0 Å². The maximum atomic E-state index is 12.0. The first kappa shape index (κ1) is 14.2. The molecule has 0 saturated carbocycles. The van der Waals surface area contributed by atoms with Gasteiger partial charge in [0.2, 0.25) is 0 Å². The molecule has 0 unspecified atom stereocenters. The van der Waals surface area contributed by atoms with E-state index in [1.165, 1.54) is 11.3 Å². The number of nitrogens with zero attached hydrogens (tertiary/aromatic N) is 2. The van der Waals surface area contributed by atoms with Crippen molar-refractivity contribution in [2.75, 3.05) is 0 Å². The molecule has 22 heavy (non-hydrogen) atoms. The number of carbonyl (C=O) groups excluding carboxylic acids is 1. The van der Waals surface area contributed by atoms with Crippen LogP contribution in [0.4, 0.5) is 0 Å². The summed E-state index contributed by atoms with van der Waals surface area (Å²) in [6, 6.07) is 18.9. The first-order valence-electron chi connectivity index (χ1n) is 6.73. The van der Waals surface area contributed by atoms with Crippen LogP contribution in [0, 0.1) is 0 Å². The molecule has 4 nitrogen and oxygen atoms in total. The van der Waals surface area contributed by atoms with Gasteiger partial charge in [-0.05, 0) is 23.6 Å². The number of nitrogens with one attached hydrogen (secondary N) is 1. The SMILES string of the molecule is O=C(NN=C(c1ccccc1)c1ccccn1)c1cccs1. The van der Waals surface area contributed by atoms with Gasteiger partial charge in [0.15, 0.2) is 0 Å². The van der Waals surface area contributed by atoms with Crippen LogP contribution in [0.3, 0.4) is 0 Å². The first-order chi connectivity index (χ1) is 10.8. The van der Waals surface area contributed by atoms with Gasteiger partial charge >= 0.3 is 0 Å². The molecule has 2 heterocycles. The summed E-state index contributed by atoms with van der Waals surface area (Å²) in [5.74, 6) is -0.223. The monoisotopic (exact) mass is 307 g/mol. The number of aromatic nitrogens is 1. The molecule has 1 amide bonds. The van der Waals surface area contributed by atoms with E-state index in [1.807, 2.05) is 60.0 Å². The average Bonchev–Trinajstić information content (AvgIpc) is 3.11. The van der Waals surface area contributed by atoms with Gasteiger partial charge in [-0.3, -0.25) is 9.78 Å². The Morgan fingerprint density at radius 2 is 1.82 bits per heavy atom. The molecule has 0 radical (unpaired) electrons. The molecule has 0 fully saturated rings. The Hall–Kier alpha value is -2.79. The van der Waals surface area contributed by atoms with Crippen molar-refractivity contribution in [3.63, 3.8) is 0 Å². The molecule has 0 aliphatic carbocycles. The Labute approximate surface area is 132 Å². The van der Waals surface area contributed by atoms with Crippen molar-refractivity contribution in [1.82, 2.24) is 10.4 Å². The molecule has 3 aromatic rings. The maximum Gasteiger partial charge on any atom is 0.281 e. The molecule has 1 aromatic carbocycles. The van der Waals surface area contributed by atoms with Gasteiger partial charge in [0.25, 0.3) is 5.91 Å². The fraction of sp³-hybridized carbons (Fsp3) is 0. The van der Waals surface area contributed by atoms with Gasteiger partial charge in [0.05, 0.1) is 10.6 Å². The first-order valence-corrected chi connectivity index (χ1v) is 7.61. The zero-order chi connectivity index (χ0) is 15.2. The van der Waals surface area contributed by atoms with E-state index in [4.69, 9.17) is 0 Å². The smallest absolute Gasteiger partial charge is 0.266 e. The number of hydrogen-bond acceptors (Lipinski definition) is 4. The fourth-order valence-electron chi connectivity index (χ4n) is 1.94. The summed E-state index contributed by atoms with van der Waals surface area (Å²) >= 11 is 1.38. The summed E-state index contributed by atoms with van der Waals surface area (Å²) in [6.45, 7) is 0. The van der Waals surface area contributed by atoms with Gasteiger partial charge in [-0.2, -0.15) is 5.10 Å². The average molecular weight is 307 g/mol. The number of rotatable bonds is 4. The summed E-state index contributed by atoms with van der Waals surface area (Å²) in [6.07, 6.45) is 1.70. The van der Waals surface area contributed by atoms with Crippen molar-refractivity contribution < 1.29 is 4.79 Å². The van der Waals surface area contributed by atoms with E-state index < -0.39 is 0 Å². The van der Waals surface area contributed by atoms with Crippen molar-refractivity contribution in [1.29, 1.82) is 0 Å². The number of pyridine rings is 1. The van der Waals surface area contributed by atoms with Crippen LogP contribution in [0.25, 0.3) is 0 Å². The number of thiophene rings is 1. The lowest BCUT2D eigenvalue weighted by atomic mass is 10.1. The number of carbonyl (C=O) groups is 1. The highest BCUT2D eigenvalue weighted by Gasteiger charge is 2.10. The van der Waals surface area contributed by atoms with Crippen LogP contribution in [0.2, 0.25) is 0 Å². The number of hydrazone groups is 1. The predicted octanol–water partition coefficient (Wildman–Crippen LogP) is 3.33. The molecule has 0 saturated heterocycles. The fourth-order valence-corrected chi connectivity index (χ4v) is 2.55. The Morgan fingerprint density at radius 1 is 1.00 bits per heavy atom. The van der Waals surface area contributed by atoms with E-state index in [1.54, 1.807) is 12.3 Å². The topological polar surface area (TPSA) is 54.4 Å².